The second-order valence-electron chi connectivity index (χ2n) is 15.0. The van der Waals surface area contributed by atoms with Crippen molar-refractivity contribution in [2.45, 2.75) is 25.7 Å². The number of hydrogen-bond donors (Lipinski definition) is 0. The summed E-state index contributed by atoms with van der Waals surface area (Å²) in [6, 6.07) is 57.9. The molecular weight excluding hydrogens is 691 g/mol. The summed E-state index contributed by atoms with van der Waals surface area (Å²) >= 11 is 0. The van der Waals surface area contributed by atoms with Crippen molar-refractivity contribution in [2.75, 3.05) is 0 Å². The first kappa shape index (κ1) is 32.6. The second kappa shape index (κ2) is 12.9. The van der Waals surface area contributed by atoms with Crippen molar-refractivity contribution in [2.24, 2.45) is 0 Å². The maximum absolute atomic E-state index is 14.0. The van der Waals surface area contributed by atoms with Crippen LogP contribution in [0.15, 0.2) is 170 Å². The van der Waals surface area contributed by atoms with Gasteiger partial charge in [0, 0.05) is 32.9 Å². The van der Waals surface area contributed by atoms with Gasteiger partial charge in [-0.25, -0.2) is 8.78 Å². The van der Waals surface area contributed by atoms with Crippen molar-refractivity contribution in [3.05, 3.63) is 204 Å². The van der Waals surface area contributed by atoms with Crippen molar-refractivity contribution in [3.63, 3.8) is 0 Å². The quantitative estimate of drug-likeness (QED) is 0.171. The van der Waals surface area contributed by atoms with Gasteiger partial charge in [0.2, 0.25) is 0 Å². The number of halogens is 2. The largest absolute Gasteiger partial charge is 0.309 e. The smallest absolute Gasteiger partial charge is 0.123 e. The molecule has 0 N–H and O–H groups in total. The summed E-state index contributed by atoms with van der Waals surface area (Å²) < 4.78 is 32.8. The lowest BCUT2D eigenvalue weighted by molar-refractivity contribution is 0.627. The van der Waals surface area contributed by atoms with Crippen LogP contribution >= 0.6 is 0 Å². The molecule has 2 nitrogen and oxygen atoms in total. The molecule has 2 heterocycles. The fraction of sp³-hybridized carbons (Fsp3) is 0.0769. The van der Waals surface area contributed by atoms with Gasteiger partial charge in [-0.2, -0.15) is 0 Å². The molecule has 4 heteroatoms. The lowest BCUT2D eigenvalue weighted by atomic mass is 9.90. The summed E-state index contributed by atoms with van der Waals surface area (Å²) in [5.74, 6) is -0.464. The van der Waals surface area contributed by atoms with Gasteiger partial charge in [0.25, 0.3) is 0 Å². The van der Waals surface area contributed by atoms with Gasteiger partial charge >= 0.3 is 0 Å². The first-order valence-electron chi connectivity index (χ1n) is 19.4. The van der Waals surface area contributed by atoms with Gasteiger partial charge in [-0.05, 0) is 131 Å². The van der Waals surface area contributed by atoms with Gasteiger partial charge in [-0.1, -0.05) is 109 Å². The molecule has 56 heavy (non-hydrogen) atoms. The van der Waals surface area contributed by atoms with Crippen molar-refractivity contribution in [1.29, 1.82) is 0 Å². The zero-order chi connectivity index (χ0) is 37.3. The number of hydrogen-bond acceptors (Lipinski definition) is 0. The summed E-state index contributed by atoms with van der Waals surface area (Å²) in [7, 11) is 0. The molecule has 0 saturated carbocycles. The minimum absolute atomic E-state index is 0.232. The SMILES string of the molecule is Fc1ccc(-c2ccc3c4c5ccc(c4n(-c4ccccc4)c3c2)CCc2ccc(c3c2c2ccc(-c4ccc(F)cc4)cc2n3-c2ccccc2)CC5)cc1. The maximum Gasteiger partial charge on any atom is 0.123 e. The van der Waals surface area contributed by atoms with E-state index in [4.69, 9.17) is 0 Å². The minimum atomic E-state index is -0.232. The Labute approximate surface area is 323 Å². The normalized spacial score (nSPS) is 12.9. The first-order valence-corrected chi connectivity index (χ1v) is 19.4. The van der Waals surface area contributed by atoms with E-state index in [0.717, 1.165) is 70.3 Å². The highest BCUT2D eigenvalue weighted by atomic mass is 19.1. The molecule has 2 aliphatic carbocycles. The summed E-state index contributed by atoms with van der Waals surface area (Å²) in [6.07, 6.45) is 3.47. The van der Waals surface area contributed by atoms with E-state index >= 15 is 0 Å². The Morgan fingerprint density at radius 2 is 0.696 bits per heavy atom. The Hall–Kier alpha value is -6.78. The van der Waals surface area contributed by atoms with E-state index in [9.17, 15) is 8.78 Å². The Balaban J connectivity index is 1.15. The highest BCUT2D eigenvalue weighted by molar-refractivity contribution is 6.14. The van der Waals surface area contributed by atoms with Gasteiger partial charge in [0.1, 0.15) is 11.6 Å². The van der Waals surface area contributed by atoms with Crippen molar-refractivity contribution in [3.8, 4) is 33.6 Å². The molecule has 12 rings (SSSR count). The molecule has 268 valence electrons. The van der Waals surface area contributed by atoms with Crippen LogP contribution in [0, 0.1) is 11.6 Å². The highest BCUT2D eigenvalue weighted by Gasteiger charge is 2.24. The molecule has 2 aliphatic rings. The second-order valence-corrected chi connectivity index (χ2v) is 15.0. The lowest BCUT2D eigenvalue weighted by Gasteiger charge is -2.17. The van der Waals surface area contributed by atoms with Crippen LogP contribution in [0.3, 0.4) is 0 Å². The van der Waals surface area contributed by atoms with Gasteiger partial charge in [0.15, 0.2) is 0 Å². The molecule has 0 amide bonds. The molecule has 8 aromatic carbocycles. The van der Waals surface area contributed by atoms with E-state index in [1.54, 1.807) is 0 Å². The average Bonchev–Trinajstić information content (AvgIpc) is 3.77. The number of fused-ring (bicyclic) bond motifs is 7. The number of aryl methyl sites for hydroxylation is 4. The zero-order valence-corrected chi connectivity index (χ0v) is 30.6. The van der Waals surface area contributed by atoms with Crippen molar-refractivity contribution >= 4 is 43.6 Å². The van der Waals surface area contributed by atoms with Crippen LogP contribution in [-0.4, -0.2) is 9.13 Å². The molecule has 10 aromatic rings. The molecule has 0 aliphatic heterocycles. The molecule has 0 radical (unpaired) electrons. The number of para-hydroxylation sites is 2. The highest BCUT2D eigenvalue weighted by Crippen LogP contribution is 2.43. The lowest BCUT2D eigenvalue weighted by Crippen LogP contribution is -2.04. The third-order valence-corrected chi connectivity index (χ3v) is 11.9. The number of rotatable bonds is 4. The Bertz CT molecular complexity index is 2900. The Morgan fingerprint density at radius 1 is 0.339 bits per heavy atom. The van der Waals surface area contributed by atoms with Crippen molar-refractivity contribution < 1.29 is 8.78 Å². The van der Waals surface area contributed by atoms with Crippen molar-refractivity contribution in [1.82, 2.24) is 9.13 Å². The van der Waals surface area contributed by atoms with E-state index in [0.29, 0.717) is 0 Å². The zero-order valence-electron chi connectivity index (χ0n) is 30.6. The van der Waals surface area contributed by atoms with Gasteiger partial charge in [-0.15, -0.1) is 0 Å². The van der Waals surface area contributed by atoms with Crippen LogP contribution in [0.2, 0.25) is 0 Å². The summed E-state index contributed by atoms with van der Waals surface area (Å²) in [5.41, 5.74) is 16.5. The maximum atomic E-state index is 14.0. The predicted octanol–water partition coefficient (Wildman–Crippen LogP) is 13.4. The molecule has 0 spiro atoms. The van der Waals surface area contributed by atoms with E-state index in [1.807, 2.05) is 24.3 Å². The number of aromatic nitrogens is 2. The topological polar surface area (TPSA) is 9.86 Å². The fourth-order valence-corrected chi connectivity index (χ4v) is 9.25. The fourth-order valence-electron chi connectivity index (χ4n) is 9.25. The first-order chi connectivity index (χ1) is 27.6. The van der Waals surface area contributed by atoms with Crippen LogP contribution in [0.25, 0.3) is 77.2 Å². The van der Waals surface area contributed by atoms with E-state index < -0.39 is 0 Å². The summed E-state index contributed by atoms with van der Waals surface area (Å²) in [5, 5.41) is 5.08. The molecule has 0 unspecified atom stereocenters. The van der Waals surface area contributed by atoms with E-state index in [2.05, 4.69) is 130 Å². The predicted molar refractivity (Wildman–Crippen MR) is 227 cm³/mol. The number of benzene rings is 8. The minimum Gasteiger partial charge on any atom is -0.309 e. The van der Waals surface area contributed by atoms with Crippen LogP contribution in [0.4, 0.5) is 8.78 Å². The molecular formula is C52H36F2N2. The monoisotopic (exact) mass is 726 g/mol. The third kappa shape index (κ3) is 5.20. The van der Waals surface area contributed by atoms with Crippen LogP contribution in [-0.2, 0) is 25.7 Å². The molecule has 0 fully saturated rings. The van der Waals surface area contributed by atoms with Gasteiger partial charge in [-0.3, -0.25) is 0 Å². The van der Waals surface area contributed by atoms with Gasteiger partial charge < -0.3 is 9.13 Å². The average molecular weight is 727 g/mol. The molecule has 4 bridgehead atoms. The molecule has 0 saturated heterocycles. The van der Waals surface area contributed by atoms with E-state index in [1.165, 1.54) is 79.1 Å². The Kier molecular flexibility index (Phi) is 7.53. The van der Waals surface area contributed by atoms with Crippen LogP contribution < -0.4 is 0 Å². The van der Waals surface area contributed by atoms with E-state index in [-0.39, 0.29) is 11.6 Å². The number of nitrogens with zero attached hydrogens (tertiary/aromatic N) is 2. The standard InChI is InChI=1S/C52H36F2N2/c53-41-25-19-33(20-26-41)39-23-29-45-47(31-39)55(43-7-3-1-4-8-43)51-37-15-11-35(49(45)51)14-18-38-16-12-36(13-17-37)50-46-30-24-40(34-21-27-42(54)28-22-34)32-48(46)56(52(38)50)44-9-5-2-6-10-44/h1-12,15-16,19-32H,13-14,17-18H2. The third-order valence-electron chi connectivity index (χ3n) is 11.9. The summed E-state index contributed by atoms with van der Waals surface area (Å²) in [4.78, 5) is 0. The molecule has 0 atom stereocenters. The van der Waals surface area contributed by atoms with Crippen LogP contribution in [0.1, 0.15) is 22.3 Å². The molecule has 2 aromatic heterocycles. The van der Waals surface area contributed by atoms with Gasteiger partial charge in [0.05, 0.1) is 22.1 Å². The Morgan fingerprint density at radius 3 is 1.11 bits per heavy atom. The summed E-state index contributed by atoms with van der Waals surface area (Å²) in [6.45, 7) is 0. The van der Waals surface area contributed by atoms with Crippen LogP contribution in [0.5, 0.6) is 0 Å².